The Bertz CT molecular complexity index is 432. The molecule has 19 heavy (non-hydrogen) atoms. The second kappa shape index (κ2) is 6.98. The summed E-state index contributed by atoms with van der Waals surface area (Å²) in [5.74, 6) is -3.64. The number of ether oxygens (including phenoxy) is 1. The minimum absolute atomic E-state index is 0.287. The lowest BCUT2D eigenvalue weighted by Crippen LogP contribution is -2.39. The Kier molecular flexibility index (Phi) is 5.62. The zero-order chi connectivity index (χ0) is 14.4. The van der Waals surface area contributed by atoms with Crippen LogP contribution in [-0.2, 0) is 9.53 Å². The smallest absolute Gasteiger partial charge is 0.242 e. The summed E-state index contributed by atoms with van der Waals surface area (Å²) in [5, 5.41) is 4.87. The minimum Gasteiger partial charge on any atom is -0.383 e. The van der Waals surface area contributed by atoms with Gasteiger partial charge >= 0.3 is 0 Å². The van der Waals surface area contributed by atoms with E-state index in [4.69, 9.17) is 4.74 Å². The number of amides is 1. The van der Waals surface area contributed by atoms with E-state index in [0.29, 0.717) is 18.7 Å². The lowest BCUT2D eigenvalue weighted by atomic mass is 10.2. The van der Waals surface area contributed by atoms with Crippen LogP contribution in [0, 0.1) is 17.5 Å². The van der Waals surface area contributed by atoms with Gasteiger partial charge in [-0.2, -0.15) is 0 Å². The zero-order valence-electron chi connectivity index (χ0n) is 10.6. The van der Waals surface area contributed by atoms with E-state index >= 15 is 0 Å². The second-order valence-corrected chi connectivity index (χ2v) is 3.89. The molecule has 1 atom stereocenters. The largest absolute Gasteiger partial charge is 0.383 e. The molecule has 106 valence electrons. The van der Waals surface area contributed by atoms with E-state index in [1.54, 1.807) is 0 Å². The van der Waals surface area contributed by atoms with Crippen molar-refractivity contribution in [2.24, 2.45) is 0 Å². The fourth-order valence-corrected chi connectivity index (χ4v) is 1.39. The number of rotatable bonds is 6. The van der Waals surface area contributed by atoms with E-state index in [-0.39, 0.29) is 6.54 Å². The summed E-state index contributed by atoms with van der Waals surface area (Å²) in [7, 11) is 1.48. The number of hydrogen-bond donors (Lipinski definition) is 2. The predicted octanol–water partition coefficient (Wildman–Crippen LogP) is 1.67. The quantitative estimate of drug-likeness (QED) is 0.777. The third-order valence-electron chi connectivity index (χ3n) is 2.37. The molecule has 0 spiro atoms. The van der Waals surface area contributed by atoms with Crippen molar-refractivity contribution in [1.29, 1.82) is 0 Å². The molecule has 0 bridgehead atoms. The Balaban J connectivity index is 2.66. The van der Waals surface area contributed by atoms with Gasteiger partial charge in [0.25, 0.3) is 0 Å². The van der Waals surface area contributed by atoms with Gasteiger partial charge in [0.1, 0.15) is 17.5 Å². The van der Waals surface area contributed by atoms with Crippen LogP contribution in [-0.4, -0.2) is 32.2 Å². The molecule has 1 aromatic rings. The maximum Gasteiger partial charge on any atom is 0.242 e. The van der Waals surface area contributed by atoms with Crippen molar-refractivity contribution >= 4 is 11.6 Å². The number of hydrogen-bond acceptors (Lipinski definition) is 3. The fraction of sp³-hybridized carbons (Fsp3) is 0.417. The number of carbonyl (C=O) groups excluding carboxylic acids is 1. The van der Waals surface area contributed by atoms with Crippen LogP contribution >= 0.6 is 0 Å². The van der Waals surface area contributed by atoms with Crippen molar-refractivity contribution in [3.63, 3.8) is 0 Å². The molecular formula is C12H15F3N2O2. The van der Waals surface area contributed by atoms with Crippen molar-refractivity contribution in [3.05, 3.63) is 29.6 Å². The van der Waals surface area contributed by atoms with Gasteiger partial charge in [-0.1, -0.05) is 0 Å². The molecule has 0 aliphatic rings. The van der Waals surface area contributed by atoms with Gasteiger partial charge in [-0.3, -0.25) is 4.79 Å². The first-order chi connectivity index (χ1) is 8.95. The maximum absolute atomic E-state index is 13.3. The van der Waals surface area contributed by atoms with Gasteiger partial charge in [-0.15, -0.1) is 0 Å². The fourth-order valence-electron chi connectivity index (χ4n) is 1.39. The highest BCUT2D eigenvalue weighted by atomic mass is 19.1. The van der Waals surface area contributed by atoms with Crippen molar-refractivity contribution in [2.45, 2.75) is 13.0 Å². The van der Waals surface area contributed by atoms with E-state index in [0.717, 1.165) is 0 Å². The summed E-state index contributed by atoms with van der Waals surface area (Å²) in [6.07, 6.45) is 0. The molecule has 2 N–H and O–H groups in total. The van der Waals surface area contributed by atoms with Crippen molar-refractivity contribution < 1.29 is 22.7 Å². The summed E-state index contributed by atoms with van der Waals surface area (Å²) in [4.78, 5) is 11.6. The van der Waals surface area contributed by atoms with Crippen LogP contribution < -0.4 is 10.6 Å². The van der Waals surface area contributed by atoms with Crippen molar-refractivity contribution in [1.82, 2.24) is 5.32 Å². The van der Waals surface area contributed by atoms with Crippen LogP contribution in [0.2, 0.25) is 0 Å². The van der Waals surface area contributed by atoms with E-state index in [1.807, 2.05) is 0 Å². The number of anilines is 1. The van der Waals surface area contributed by atoms with Gasteiger partial charge in [0, 0.05) is 25.8 Å². The third-order valence-corrected chi connectivity index (χ3v) is 2.37. The number of carbonyl (C=O) groups is 1. The SMILES string of the molecule is COCCNC(=O)C(C)Nc1c(F)cc(F)cc1F. The molecule has 1 aromatic carbocycles. The number of methoxy groups -OCH3 is 1. The molecule has 0 saturated carbocycles. The van der Waals surface area contributed by atoms with Crippen LogP contribution in [0.1, 0.15) is 6.92 Å². The lowest BCUT2D eigenvalue weighted by molar-refractivity contribution is -0.121. The van der Waals surface area contributed by atoms with Crippen LogP contribution in [0.5, 0.6) is 0 Å². The van der Waals surface area contributed by atoms with Gasteiger partial charge < -0.3 is 15.4 Å². The molecule has 0 aromatic heterocycles. The molecule has 4 nitrogen and oxygen atoms in total. The summed E-state index contributed by atoms with van der Waals surface area (Å²) < 4.78 is 44.1. The van der Waals surface area contributed by atoms with Gasteiger partial charge in [0.2, 0.25) is 5.91 Å². The first kappa shape index (κ1) is 15.3. The van der Waals surface area contributed by atoms with E-state index in [2.05, 4.69) is 10.6 Å². The first-order valence-corrected chi connectivity index (χ1v) is 5.63. The normalized spacial score (nSPS) is 12.1. The van der Waals surface area contributed by atoms with E-state index < -0.39 is 35.1 Å². The standard InChI is InChI=1S/C12H15F3N2O2/c1-7(12(18)16-3-4-19-2)17-11-9(14)5-8(13)6-10(11)15/h5-7,17H,3-4H2,1-2H3,(H,16,18). The van der Waals surface area contributed by atoms with Gasteiger partial charge in [-0.25, -0.2) is 13.2 Å². The molecule has 0 saturated heterocycles. The molecule has 1 unspecified atom stereocenters. The van der Waals surface area contributed by atoms with Crippen LogP contribution in [0.15, 0.2) is 12.1 Å². The van der Waals surface area contributed by atoms with Gasteiger partial charge in [-0.05, 0) is 6.92 Å². The van der Waals surface area contributed by atoms with Crippen molar-refractivity contribution in [3.8, 4) is 0 Å². The van der Waals surface area contributed by atoms with Crippen LogP contribution in [0.4, 0.5) is 18.9 Å². The summed E-state index contributed by atoms with van der Waals surface area (Å²) in [5.41, 5.74) is -0.532. The average molecular weight is 276 g/mol. The van der Waals surface area contributed by atoms with Crippen molar-refractivity contribution in [2.75, 3.05) is 25.6 Å². The second-order valence-electron chi connectivity index (χ2n) is 3.89. The predicted molar refractivity (Wildman–Crippen MR) is 64.3 cm³/mol. The lowest BCUT2D eigenvalue weighted by Gasteiger charge is -2.16. The van der Waals surface area contributed by atoms with E-state index in [1.165, 1.54) is 14.0 Å². The number of nitrogens with one attached hydrogen (secondary N) is 2. The average Bonchev–Trinajstić information content (AvgIpc) is 2.33. The van der Waals surface area contributed by atoms with Crippen LogP contribution in [0.25, 0.3) is 0 Å². The Morgan fingerprint density at radius 1 is 1.32 bits per heavy atom. The number of benzene rings is 1. The summed E-state index contributed by atoms with van der Waals surface area (Å²) in [6.45, 7) is 2.05. The highest BCUT2D eigenvalue weighted by Crippen LogP contribution is 2.20. The Hall–Kier alpha value is -1.76. The molecule has 0 radical (unpaired) electrons. The first-order valence-electron chi connectivity index (χ1n) is 5.63. The topological polar surface area (TPSA) is 50.4 Å². The molecule has 1 amide bonds. The zero-order valence-corrected chi connectivity index (χ0v) is 10.6. The molecule has 0 aliphatic carbocycles. The summed E-state index contributed by atoms with van der Waals surface area (Å²) >= 11 is 0. The highest BCUT2D eigenvalue weighted by molar-refractivity contribution is 5.84. The van der Waals surface area contributed by atoms with Gasteiger partial charge in [0.15, 0.2) is 11.6 Å². The minimum atomic E-state index is -1.09. The van der Waals surface area contributed by atoms with Crippen LogP contribution in [0.3, 0.4) is 0 Å². The molecule has 0 heterocycles. The molecule has 7 heteroatoms. The van der Waals surface area contributed by atoms with Gasteiger partial charge in [0.05, 0.1) is 6.61 Å². The monoisotopic (exact) mass is 276 g/mol. The highest BCUT2D eigenvalue weighted by Gasteiger charge is 2.17. The Morgan fingerprint density at radius 3 is 2.42 bits per heavy atom. The number of halogens is 3. The third kappa shape index (κ3) is 4.44. The van der Waals surface area contributed by atoms with E-state index in [9.17, 15) is 18.0 Å². The summed E-state index contributed by atoms with van der Waals surface area (Å²) in [6, 6.07) is 0.216. The molecular weight excluding hydrogens is 261 g/mol. The molecule has 1 rings (SSSR count). The Morgan fingerprint density at radius 2 is 1.89 bits per heavy atom. The molecule has 0 fully saturated rings. The molecule has 0 aliphatic heterocycles. The maximum atomic E-state index is 13.3. The Labute approximate surface area is 108 Å².